The summed E-state index contributed by atoms with van der Waals surface area (Å²) in [4.78, 5) is 22.0. The summed E-state index contributed by atoms with van der Waals surface area (Å²) in [6, 6.07) is -0.224. The maximum absolute atomic E-state index is 11.5. The molecule has 1 atom stereocenters. The van der Waals surface area contributed by atoms with E-state index in [1.807, 2.05) is 6.92 Å². The first-order valence-corrected chi connectivity index (χ1v) is 7.40. The molecule has 1 unspecified atom stereocenters. The number of methoxy groups -OCH3 is 1. The molecule has 0 bridgehead atoms. The molecule has 0 aromatic rings. The first-order valence-electron chi connectivity index (χ1n) is 7.40. The Morgan fingerprint density at radius 3 is 2.43 bits per heavy atom. The normalized spacial score (nSPS) is 11.9. The fraction of sp³-hybridized carbons (Fsp3) is 0.857. The number of hydrogen-bond donors (Lipinski definition) is 3. The highest BCUT2D eigenvalue weighted by atomic mass is 16.5. The van der Waals surface area contributed by atoms with Gasteiger partial charge in [-0.1, -0.05) is 13.3 Å². The van der Waals surface area contributed by atoms with E-state index in [4.69, 9.17) is 14.6 Å². The first-order chi connectivity index (χ1) is 10.1. The van der Waals surface area contributed by atoms with Crippen LogP contribution in [0, 0.1) is 5.92 Å². The van der Waals surface area contributed by atoms with Crippen LogP contribution in [0.25, 0.3) is 0 Å². The summed E-state index contributed by atoms with van der Waals surface area (Å²) in [5, 5.41) is 14.1. The number of amides is 2. The predicted octanol–water partition coefficient (Wildman–Crippen LogP) is 1.23. The van der Waals surface area contributed by atoms with Gasteiger partial charge in [0.05, 0.1) is 19.8 Å². The Kier molecular flexibility index (Phi) is 12.8. The van der Waals surface area contributed by atoms with E-state index in [1.54, 1.807) is 7.11 Å². The largest absolute Gasteiger partial charge is 0.481 e. The summed E-state index contributed by atoms with van der Waals surface area (Å²) in [5.74, 6) is -0.439. The Labute approximate surface area is 126 Å². The van der Waals surface area contributed by atoms with E-state index in [-0.39, 0.29) is 12.5 Å². The van der Waals surface area contributed by atoms with E-state index >= 15 is 0 Å². The van der Waals surface area contributed by atoms with Crippen LogP contribution in [0.1, 0.15) is 32.6 Å². The number of rotatable bonds is 13. The van der Waals surface area contributed by atoms with Crippen LogP contribution in [0.15, 0.2) is 0 Å². The molecule has 0 fully saturated rings. The van der Waals surface area contributed by atoms with Crippen molar-refractivity contribution >= 4 is 12.0 Å². The standard InChI is InChI=1S/C14H28N2O5/c1-3-12(4-5-13(17)18)6-7-15-14(19)16-8-9-21-11-10-20-2/h12H,3-11H2,1-2H3,(H,17,18)(H2,15,16,19). The van der Waals surface area contributed by atoms with E-state index in [9.17, 15) is 9.59 Å². The molecule has 21 heavy (non-hydrogen) atoms. The number of aliphatic carboxylic acids is 1. The quantitative estimate of drug-likeness (QED) is 0.445. The number of carbonyl (C=O) groups excluding carboxylic acids is 1. The zero-order valence-electron chi connectivity index (χ0n) is 13.0. The second-order valence-electron chi connectivity index (χ2n) is 4.78. The zero-order valence-corrected chi connectivity index (χ0v) is 13.0. The van der Waals surface area contributed by atoms with Crippen LogP contribution in [0.2, 0.25) is 0 Å². The highest BCUT2D eigenvalue weighted by Gasteiger charge is 2.09. The lowest BCUT2D eigenvalue weighted by atomic mass is 9.97. The van der Waals surface area contributed by atoms with Gasteiger partial charge >= 0.3 is 12.0 Å². The van der Waals surface area contributed by atoms with Gasteiger partial charge in [-0.2, -0.15) is 0 Å². The lowest BCUT2D eigenvalue weighted by Gasteiger charge is -2.14. The Morgan fingerprint density at radius 2 is 1.81 bits per heavy atom. The van der Waals surface area contributed by atoms with Gasteiger partial charge in [0, 0.05) is 26.6 Å². The van der Waals surface area contributed by atoms with Crippen molar-refractivity contribution < 1.29 is 24.2 Å². The Balaban J connectivity index is 3.52. The summed E-state index contributed by atoms with van der Waals surface area (Å²) in [6.45, 7) is 4.54. The van der Waals surface area contributed by atoms with Crippen molar-refractivity contribution in [2.45, 2.75) is 32.6 Å². The molecule has 0 heterocycles. The molecule has 0 rings (SSSR count). The number of carboxylic acids is 1. The molecule has 0 aliphatic heterocycles. The topological polar surface area (TPSA) is 96.9 Å². The molecule has 7 nitrogen and oxygen atoms in total. The molecule has 0 aliphatic rings. The van der Waals surface area contributed by atoms with Crippen LogP contribution in [-0.2, 0) is 14.3 Å². The van der Waals surface area contributed by atoms with Crippen LogP contribution in [0.5, 0.6) is 0 Å². The molecular formula is C14H28N2O5. The monoisotopic (exact) mass is 304 g/mol. The summed E-state index contributed by atoms with van der Waals surface area (Å²) in [5.41, 5.74) is 0. The number of hydrogen-bond acceptors (Lipinski definition) is 4. The molecule has 0 spiro atoms. The van der Waals surface area contributed by atoms with E-state index in [0.29, 0.717) is 45.2 Å². The average molecular weight is 304 g/mol. The van der Waals surface area contributed by atoms with Crippen molar-refractivity contribution in [2.75, 3.05) is 40.0 Å². The lowest BCUT2D eigenvalue weighted by molar-refractivity contribution is -0.137. The van der Waals surface area contributed by atoms with Gasteiger partial charge in [0.25, 0.3) is 0 Å². The number of urea groups is 1. The fourth-order valence-electron chi connectivity index (χ4n) is 1.81. The van der Waals surface area contributed by atoms with Crippen molar-refractivity contribution in [3.63, 3.8) is 0 Å². The van der Waals surface area contributed by atoms with Crippen LogP contribution in [0.3, 0.4) is 0 Å². The van der Waals surface area contributed by atoms with Crippen LogP contribution in [0.4, 0.5) is 4.79 Å². The average Bonchev–Trinajstić information content (AvgIpc) is 2.46. The van der Waals surface area contributed by atoms with E-state index in [2.05, 4.69) is 10.6 Å². The van der Waals surface area contributed by atoms with Gasteiger partial charge in [0.15, 0.2) is 0 Å². The second kappa shape index (κ2) is 13.6. The van der Waals surface area contributed by atoms with Gasteiger partial charge in [-0.15, -0.1) is 0 Å². The van der Waals surface area contributed by atoms with E-state index in [0.717, 1.165) is 12.8 Å². The van der Waals surface area contributed by atoms with Gasteiger partial charge in [-0.25, -0.2) is 4.79 Å². The van der Waals surface area contributed by atoms with Gasteiger partial charge in [0.2, 0.25) is 0 Å². The highest BCUT2D eigenvalue weighted by molar-refractivity contribution is 5.73. The first kappa shape index (κ1) is 19.7. The van der Waals surface area contributed by atoms with E-state index in [1.165, 1.54) is 0 Å². The maximum atomic E-state index is 11.5. The van der Waals surface area contributed by atoms with Gasteiger partial charge < -0.3 is 25.2 Å². The van der Waals surface area contributed by atoms with Crippen LogP contribution >= 0.6 is 0 Å². The smallest absolute Gasteiger partial charge is 0.314 e. The fourth-order valence-corrected chi connectivity index (χ4v) is 1.81. The third kappa shape index (κ3) is 13.4. The van der Waals surface area contributed by atoms with Gasteiger partial charge in [-0.3, -0.25) is 4.79 Å². The van der Waals surface area contributed by atoms with Crippen molar-refractivity contribution in [3.8, 4) is 0 Å². The highest BCUT2D eigenvalue weighted by Crippen LogP contribution is 2.14. The maximum Gasteiger partial charge on any atom is 0.314 e. The van der Waals surface area contributed by atoms with Crippen molar-refractivity contribution in [3.05, 3.63) is 0 Å². The molecule has 0 aromatic carbocycles. The number of ether oxygens (including phenoxy) is 2. The van der Waals surface area contributed by atoms with Crippen LogP contribution < -0.4 is 10.6 Å². The number of carboxylic acid groups (broad SMARTS) is 1. The van der Waals surface area contributed by atoms with Crippen LogP contribution in [-0.4, -0.2) is 57.1 Å². The van der Waals surface area contributed by atoms with Crippen molar-refractivity contribution in [1.82, 2.24) is 10.6 Å². The molecule has 0 aliphatic carbocycles. The molecule has 0 saturated carbocycles. The summed E-state index contributed by atoms with van der Waals surface area (Å²) >= 11 is 0. The van der Waals surface area contributed by atoms with Gasteiger partial charge in [-0.05, 0) is 18.8 Å². The summed E-state index contributed by atoms with van der Waals surface area (Å²) < 4.78 is 10.0. The number of carbonyl (C=O) groups is 2. The minimum Gasteiger partial charge on any atom is -0.481 e. The Hall–Kier alpha value is -1.34. The SMILES string of the molecule is CCC(CCNC(=O)NCCOCCOC)CCC(=O)O. The molecule has 0 radical (unpaired) electrons. The summed E-state index contributed by atoms with van der Waals surface area (Å²) in [6.07, 6.45) is 2.55. The molecule has 124 valence electrons. The zero-order chi connectivity index (χ0) is 15.9. The molecule has 0 saturated heterocycles. The molecule has 7 heteroatoms. The third-order valence-electron chi connectivity index (χ3n) is 3.15. The van der Waals surface area contributed by atoms with Crippen molar-refractivity contribution in [1.29, 1.82) is 0 Å². The Morgan fingerprint density at radius 1 is 1.10 bits per heavy atom. The minimum atomic E-state index is -0.771. The lowest BCUT2D eigenvalue weighted by Crippen LogP contribution is -2.38. The summed E-state index contributed by atoms with van der Waals surface area (Å²) in [7, 11) is 1.61. The molecular weight excluding hydrogens is 276 g/mol. The minimum absolute atomic E-state index is 0.184. The van der Waals surface area contributed by atoms with E-state index < -0.39 is 5.97 Å². The van der Waals surface area contributed by atoms with Crippen molar-refractivity contribution in [2.24, 2.45) is 5.92 Å². The molecule has 0 aromatic heterocycles. The predicted molar refractivity (Wildman–Crippen MR) is 79.4 cm³/mol. The second-order valence-corrected chi connectivity index (χ2v) is 4.78. The number of nitrogens with one attached hydrogen (secondary N) is 2. The molecule has 3 N–H and O–H groups in total. The van der Waals surface area contributed by atoms with Gasteiger partial charge in [0.1, 0.15) is 0 Å². The third-order valence-corrected chi connectivity index (χ3v) is 3.15. The Bertz CT molecular complexity index is 287. The molecule has 2 amide bonds.